The quantitative estimate of drug-likeness (QED) is 0.613. The van der Waals surface area contributed by atoms with Crippen LogP contribution in [0.15, 0.2) is 22.5 Å². The van der Waals surface area contributed by atoms with Gasteiger partial charge in [-0.15, -0.1) is 24.0 Å². The second-order valence-electron chi connectivity index (χ2n) is 4.04. The van der Waals surface area contributed by atoms with E-state index in [9.17, 15) is 0 Å². The molecule has 0 aliphatic carbocycles. The Balaban J connectivity index is 1.90. The van der Waals surface area contributed by atoms with Crippen LogP contribution in [0.2, 0.25) is 0 Å². The molecule has 0 amide bonds. The van der Waals surface area contributed by atoms with Crippen LogP contribution in [-0.2, 0) is 0 Å². The second kappa shape index (κ2) is 6.26. The largest absolute Gasteiger partial charge is 0.494 e. The third-order valence-electron chi connectivity index (χ3n) is 2.61. The average molecular weight is 267 g/mol. The highest BCUT2D eigenvalue weighted by Crippen LogP contribution is 2.27. The van der Waals surface area contributed by atoms with Gasteiger partial charge in [-0.25, -0.2) is 4.98 Å². The molecular formula is C13H17NOS2. The number of hydrogen-bond acceptors (Lipinski definition) is 4. The minimum atomic E-state index is 0.795. The third-order valence-corrected chi connectivity index (χ3v) is 3.83. The van der Waals surface area contributed by atoms with Gasteiger partial charge in [0.25, 0.3) is 0 Å². The van der Waals surface area contributed by atoms with Gasteiger partial charge in [-0.3, -0.25) is 0 Å². The molecule has 1 heterocycles. The predicted molar refractivity (Wildman–Crippen MR) is 76.5 cm³/mol. The van der Waals surface area contributed by atoms with Gasteiger partial charge in [0.15, 0.2) is 0 Å². The Bertz CT molecular complexity index is 481. The molecule has 0 radical (unpaired) electrons. The molecule has 1 aromatic carbocycles. The van der Waals surface area contributed by atoms with Crippen molar-refractivity contribution in [3.63, 3.8) is 0 Å². The molecule has 0 spiro atoms. The molecule has 0 fully saturated rings. The number of aromatic nitrogens is 1. The molecule has 0 saturated heterocycles. The molecule has 92 valence electrons. The molecule has 0 unspecified atom stereocenters. The fourth-order valence-electron chi connectivity index (χ4n) is 1.70. The van der Waals surface area contributed by atoms with Crippen molar-refractivity contribution in [3.05, 3.63) is 18.2 Å². The lowest BCUT2D eigenvalue weighted by Crippen LogP contribution is -1.96. The Hall–Kier alpha value is -0.740. The maximum absolute atomic E-state index is 5.71. The van der Waals surface area contributed by atoms with Crippen LogP contribution in [-0.4, -0.2) is 11.6 Å². The highest BCUT2D eigenvalue weighted by molar-refractivity contribution is 7.82. The molecule has 0 bridgehead atoms. The van der Waals surface area contributed by atoms with Crippen LogP contribution >= 0.6 is 24.0 Å². The summed E-state index contributed by atoms with van der Waals surface area (Å²) < 4.78 is 7.68. The summed E-state index contributed by atoms with van der Waals surface area (Å²) in [6.07, 6.45) is 4.92. The van der Waals surface area contributed by atoms with Gasteiger partial charge in [0, 0.05) is 6.07 Å². The van der Waals surface area contributed by atoms with Crippen LogP contribution < -0.4 is 4.74 Å². The van der Waals surface area contributed by atoms with E-state index >= 15 is 0 Å². The summed E-state index contributed by atoms with van der Waals surface area (Å²) >= 11 is 5.85. The Morgan fingerprint density at radius 2 is 2.18 bits per heavy atom. The van der Waals surface area contributed by atoms with Crippen LogP contribution in [0, 0.1) is 0 Å². The molecule has 0 N–H and O–H groups in total. The first kappa shape index (κ1) is 12.7. The standard InChI is InChI=1S/C13H17NOS2/c1-2-3-4-5-8-15-10-6-7-12-11(9-10)14-13(16)17-12/h6-7,9H,2-5,8H2,1H3,(H,14,16). The molecule has 0 aliphatic heterocycles. The van der Waals surface area contributed by atoms with Crippen molar-refractivity contribution in [2.24, 2.45) is 0 Å². The number of rotatable bonds is 6. The monoisotopic (exact) mass is 267 g/mol. The molecule has 17 heavy (non-hydrogen) atoms. The van der Waals surface area contributed by atoms with Crippen molar-refractivity contribution in [2.45, 2.75) is 36.9 Å². The summed E-state index contributed by atoms with van der Waals surface area (Å²) in [6.45, 7) is 3.01. The molecule has 0 saturated carbocycles. The number of thiol groups is 1. The van der Waals surface area contributed by atoms with Crippen molar-refractivity contribution in [1.29, 1.82) is 0 Å². The molecule has 0 aliphatic rings. The molecule has 0 atom stereocenters. The van der Waals surface area contributed by atoms with Crippen molar-refractivity contribution < 1.29 is 4.74 Å². The minimum Gasteiger partial charge on any atom is -0.494 e. The molecule has 2 nitrogen and oxygen atoms in total. The SMILES string of the molecule is CCCCCCOc1ccc2sc(S)nc2c1. The molecule has 4 heteroatoms. The average Bonchev–Trinajstić information content (AvgIpc) is 2.68. The van der Waals surface area contributed by atoms with Gasteiger partial charge >= 0.3 is 0 Å². The Kier molecular flexibility index (Phi) is 4.68. The van der Waals surface area contributed by atoms with E-state index in [0.717, 1.165) is 33.3 Å². The predicted octanol–water partition coefficient (Wildman–Crippen LogP) is 4.54. The minimum absolute atomic E-state index is 0.795. The Morgan fingerprint density at radius 3 is 3.00 bits per heavy atom. The second-order valence-corrected chi connectivity index (χ2v) is 5.79. The summed E-state index contributed by atoms with van der Waals surface area (Å²) in [7, 11) is 0. The lowest BCUT2D eigenvalue weighted by Gasteiger charge is -2.05. The maximum atomic E-state index is 5.71. The summed E-state index contributed by atoms with van der Waals surface area (Å²) in [6, 6.07) is 6.05. The van der Waals surface area contributed by atoms with Crippen molar-refractivity contribution in [1.82, 2.24) is 4.98 Å². The van der Waals surface area contributed by atoms with Crippen LogP contribution in [0.5, 0.6) is 5.75 Å². The highest BCUT2D eigenvalue weighted by Gasteiger charge is 2.02. The number of thiazole rings is 1. The van der Waals surface area contributed by atoms with E-state index in [2.05, 4.69) is 24.5 Å². The molecule has 1 aromatic heterocycles. The third kappa shape index (κ3) is 3.61. The summed E-state index contributed by atoms with van der Waals surface area (Å²) in [5.41, 5.74) is 0.978. The fraction of sp³-hybridized carbons (Fsp3) is 0.462. The number of fused-ring (bicyclic) bond motifs is 1. The van der Waals surface area contributed by atoms with Crippen LogP contribution in [0.25, 0.3) is 10.2 Å². The maximum Gasteiger partial charge on any atom is 0.148 e. The lowest BCUT2D eigenvalue weighted by atomic mass is 10.2. The van der Waals surface area contributed by atoms with Crippen molar-refractivity contribution in [3.8, 4) is 5.75 Å². The van der Waals surface area contributed by atoms with Crippen LogP contribution in [0.1, 0.15) is 32.6 Å². The summed E-state index contributed by atoms with van der Waals surface area (Å²) in [5.74, 6) is 0.910. The zero-order valence-corrected chi connectivity index (χ0v) is 11.7. The van der Waals surface area contributed by atoms with Gasteiger partial charge in [0.1, 0.15) is 10.1 Å². The summed E-state index contributed by atoms with van der Waals surface area (Å²) in [4.78, 5) is 4.33. The Morgan fingerprint density at radius 1 is 1.29 bits per heavy atom. The lowest BCUT2D eigenvalue weighted by molar-refractivity contribution is 0.305. The van der Waals surface area contributed by atoms with Gasteiger partial charge in [0.2, 0.25) is 0 Å². The zero-order chi connectivity index (χ0) is 12.1. The van der Waals surface area contributed by atoms with Crippen LogP contribution in [0.3, 0.4) is 0 Å². The molecule has 2 aromatic rings. The van der Waals surface area contributed by atoms with Gasteiger partial charge in [0.05, 0.1) is 16.8 Å². The van der Waals surface area contributed by atoms with Gasteiger partial charge < -0.3 is 4.74 Å². The van der Waals surface area contributed by atoms with E-state index in [1.807, 2.05) is 18.2 Å². The topological polar surface area (TPSA) is 22.1 Å². The van der Waals surface area contributed by atoms with Crippen molar-refractivity contribution in [2.75, 3.05) is 6.61 Å². The van der Waals surface area contributed by atoms with E-state index in [1.54, 1.807) is 11.3 Å². The van der Waals surface area contributed by atoms with Gasteiger partial charge in [-0.05, 0) is 18.6 Å². The number of hydrogen-bond donors (Lipinski definition) is 1. The van der Waals surface area contributed by atoms with E-state index in [0.29, 0.717) is 0 Å². The number of unbranched alkanes of at least 4 members (excludes halogenated alkanes) is 3. The summed E-state index contributed by atoms with van der Waals surface area (Å²) in [5, 5.41) is 0. The first-order chi connectivity index (χ1) is 8.29. The van der Waals surface area contributed by atoms with Gasteiger partial charge in [-0.1, -0.05) is 26.2 Å². The molecule has 2 rings (SSSR count). The first-order valence-corrected chi connectivity index (χ1v) is 7.28. The van der Waals surface area contributed by atoms with Crippen molar-refractivity contribution >= 4 is 34.2 Å². The van der Waals surface area contributed by atoms with E-state index in [1.165, 1.54) is 19.3 Å². The number of nitrogens with zero attached hydrogens (tertiary/aromatic N) is 1. The first-order valence-electron chi connectivity index (χ1n) is 6.02. The van der Waals surface area contributed by atoms with E-state index in [-0.39, 0.29) is 0 Å². The normalized spacial score (nSPS) is 10.9. The van der Waals surface area contributed by atoms with E-state index < -0.39 is 0 Å². The van der Waals surface area contributed by atoms with E-state index in [4.69, 9.17) is 4.74 Å². The smallest absolute Gasteiger partial charge is 0.148 e. The number of ether oxygens (including phenoxy) is 1. The zero-order valence-electron chi connectivity index (χ0n) is 9.98. The number of benzene rings is 1. The Labute approximate surface area is 111 Å². The highest BCUT2D eigenvalue weighted by atomic mass is 32.2. The molecular weight excluding hydrogens is 250 g/mol. The van der Waals surface area contributed by atoms with Crippen LogP contribution in [0.4, 0.5) is 0 Å². The fourth-order valence-corrected chi connectivity index (χ4v) is 2.79. The van der Waals surface area contributed by atoms with Gasteiger partial charge in [-0.2, -0.15) is 0 Å².